The van der Waals surface area contributed by atoms with Gasteiger partial charge in [0, 0.05) is 27.8 Å². The van der Waals surface area contributed by atoms with E-state index in [-0.39, 0.29) is 12.2 Å². The number of carboxylic acids is 1. The van der Waals surface area contributed by atoms with Crippen LogP contribution in [0.2, 0.25) is 5.02 Å². The minimum absolute atomic E-state index is 0.141. The number of benzene rings is 1. The molecule has 0 spiro atoms. The van der Waals surface area contributed by atoms with Crippen molar-refractivity contribution in [1.82, 2.24) is 4.57 Å². The summed E-state index contributed by atoms with van der Waals surface area (Å²) >= 11 is 9.19. The van der Waals surface area contributed by atoms with Crippen molar-refractivity contribution in [3.63, 3.8) is 0 Å². The number of rotatable bonds is 4. The molecule has 6 heteroatoms. The van der Waals surface area contributed by atoms with E-state index in [0.717, 1.165) is 0 Å². The summed E-state index contributed by atoms with van der Waals surface area (Å²) in [5.74, 6) is -1.15. The van der Waals surface area contributed by atoms with Crippen molar-refractivity contribution in [3.8, 4) is 0 Å². The number of carbonyl (C=O) groups is 2. The Morgan fingerprint density at radius 1 is 1.35 bits per heavy atom. The van der Waals surface area contributed by atoms with Gasteiger partial charge in [-0.15, -0.1) is 0 Å². The van der Waals surface area contributed by atoms with Crippen LogP contribution in [0.25, 0.3) is 0 Å². The standard InChI is InChI=1S/C14H11BrClNO3/c1-17-10(7-12(18)19)6-11(15)13(17)14(20)8-3-2-4-9(16)5-8/h2-6H,7H2,1H3,(H,18,19). The molecule has 0 saturated carbocycles. The summed E-state index contributed by atoms with van der Waals surface area (Å²) in [6.07, 6.45) is -0.141. The van der Waals surface area contributed by atoms with Gasteiger partial charge in [-0.05, 0) is 34.1 Å². The molecule has 0 aliphatic carbocycles. The van der Waals surface area contributed by atoms with Gasteiger partial charge < -0.3 is 9.67 Å². The topological polar surface area (TPSA) is 59.3 Å². The summed E-state index contributed by atoms with van der Waals surface area (Å²) < 4.78 is 2.16. The molecule has 0 aliphatic heterocycles. The van der Waals surface area contributed by atoms with Crippen molar-refractivity contribution in [2.24, 2.45) is 7.05 Å². The van der Waals surface area contributed by atoms with E-state index >= 15 is 0 Å². The van der Waals surface area contributed by atoms with E-state index in [0.29, 0.717) is 26.4 Å². The molecule has 1 N–H and O–H groups in total. The molecular formula is C14H11BrClNO3. The van der Waals surface area contributed by atoms with Crippen LogP contribution in [0.4, 0.5) is 0 Å². The molecule has 20 heavy (non-hydrogen) atoms. The van der Waals surface area contributed by atoms with Crippen LogP contribution < -0.4 is 0 Å². The molecule has 4 nitrogen and oxygen atoms in total. The van der Waals surface area contributed by atoms with Crippen LogP contribution >= 0.6 is 27.5 Å². The zero-order valence-electron chi connectivity index (χ0n) is 10.6. The molecule has 0 fully saturated rings. The fourth-order valence-electron chi connectivity index (χ4n) is 1.97. The summed E-state index contributed by atoms with van der Waals surface area (Å²) in [6, 6.07) is 8.29. The Labute approximate surface area is 129 Å². The average Bonchev–Trinajstić information content (AvgIpc) is 2.63. The Morgan fingerprint density at radius 3 is 2.65 bits per heavy atom. The first-order chi connectivity index (χ1) is 9.40. The number of aliphatic carboxylic acids is 1. The molecule has 0 radical (unpaired) electrons. The molecule has 0 atom stereocenters. The maximum absolute atomic E-state index is 12.5. The zero-order valence-corrected chi connectivity index (χ0v) is 12.9. The predicted molar refractivity (Wildman–Crippen MR) is 79.3 cm³/mol. The molecule has 2 aromatic rings. The monoisotopic (exact) mass is 355 g/mol. The minimum Gasteiger partial charge on any atom is -0.481 e. The number of nitrogens with zero attached hydrogens (tertiary/aromatic N) is 1. The van der Waals surface area contributed by atoms with Gasteiger partial charge in [0.05, 0.1) is 6.42 Å². The van der Waals surface area contributed by atoms with Crippen LogP contribution in [-0.2, 0) is 18.3 Å². The quantitative estimate of drug-likeness (QED) is 0.855. The van der Waals surface area contributed by atoms with Crippen LogP contribution in [-0.4, -0.2) is 21.4 Å². The Morgan fingerprint density at radius 2 is 2.05 bits per heavy atom. The second-order valence-electron chi connectivity index (χ2n) is 4.30. The second-order valence-corrected chi connectivity index (χ2v) is 5.59. The number of hydrogen-bond donors (Lipinski definition) is 1. The van der Waals surface area contributed by atoms with Gasteiger partial charge in [0.1, 0.15) is 5.69 Å². The zero-order chi connectivity index (χ0) is 14.9. The smallest absolute Gasteiger partial charge is 0.309 e. The number of carboxylic acid groups (broad SMARTS) is 1. The van der Waals surface area contributed by atoms with E-state index < -0.39 is 5.97 Å². The number of halogens is 2. The van der Waals surface area contributed by atoms with Gasteiger partial charge in [-0.25, -0.2) is 0 Å². The third-order valence-electron chi connectivity index (χ3n) is 2.92. The lowest BCUT2D eigenvalue weighted by molar-refractivity contribution is -0.136. The van der Waals surface area contributed by atoms with E-state index in [2.05, 4.69) is 15.9 Å². The Bertz CT molecular complexity index is 694. The Kier molecular flexibility index (Phi) is 4.30. The maximum Gasteiger partial charge on any atom is 0.309 e. The highest BCUT2D eigenvalue weighted by Gasteiger charge is 2.20. The molecule has 0 aliphatic rings. The summed E-state index contributed by atoms with van der Waals surface area (Å²) in [7, 11) is 1.67. The largest absolute Gasteiger partial charge is 0.481 e. The summed E-state index contributed by atoms with van der Waals surface area (Å²) in [4.78, 5) is 23.3. The molecule has 0 amide bonds. The Hall–Kier alpha value is -1.59. The lowest BCUT2D eigenvalue weighted by Crippen LogP contribution is -2.12. The molecule has 1 heterocycles. The highest BCUT2D eigenvalue weighted by molar-refractivity contribution is 9.10. The van der Waals surface area contributed by atoms with Crippen molar-refractivity contribution in [2.75, 3.05) is 0 Å². The van der Waals surface area contributed by atoms with Crippen LogP contribution in [0.5, 0.6) is 0 Å². The molecular weight excluding hydrogens is 346 g/mol. The average molecular weight is 357 g/mol. The molecule has 0 saturated heterocycles. The lowest BCUT2D eigenvalue weighted by Gasteiger charge is -2.06. The van der Waals surface area contributed by atoms with Crippen molar-refractivity contribution in [3.05, 3.63) is 56.8 Å². The number of carbonyl (C=O) groups excluding carboxylic acids is 1. The van der Waals surface area contributed by atoms with Crippen molar-refractivity contribution < 1.29 is 14.7 Å². The van der Waals surface area contributed by atoms with Crippen LogP contribution in [0.15, 0.2) is 34.8 Å². The maximum atomic E-state index is 12.5. The van der Waals surface area contributed by atoms with Crippen LogP contribution in [0.3, 0.4) is 0 Å². The van der Waals surface area contributed by atoms with Gasteiger partial charge in [-0.1, -0.05) is 23.7 Å². The highest BCUT2D eigenvalue weighted by atomic mass is 79.9. The van der Waals surface area contributed by atoms with Crippen LogP contribution in [0, 0.1) is 0 Å². The first kappa shape index (κ1) is 14.8. The summed E-state index contributed by atoms with van der Waals surface area (Å²) in [5, 5.41) is 9.33. The van der Waals surface area contributed by atoms with Gasteiger partial charge in [0.25, 0.3) is 0 Å². The molecule has 0 unspecified atom stereocenters. The Balaban J connectivity index is 2.45. The minimum atomic E-state index is -0.945. The van der Waals surface area contributed by atoms with Gasteiger partial charge in [-0.3, -0.25) is 9.59 Å². The van der Waals surface area contributed by atoms with E-state index in [4.69, 9.17) is 16.7 Å². The van der Waals surface area contributed by atoms with E-state index in [9.17, 15) is 9.59 Å². The molecule has 1 aromatic carbocycles. The fourth-order valence-corrected chi connectivity index (χ4v) is 2.87. The first-order valence-corrected chi connectivity index (χ1v) is 6.93. The van der Waals surface area contributed by atoms with Gasteiger partial charge in [0.2, 0.25) is 5.78 Å². The molecule has 0 bridgehead atoms. The van der Waals surface area contributed by atoms with E-state index in [1.807, 2.05) is 0 Å². The van der Waals surface area contributed by atoms with E-state index in [1.165, 1.54) is 0 Å². The van der Waals surface area contributed by atoms with E-state index in [1.54, 1.807) is 41.9 Å². The van der Waals surface area contributed by atoms with Gasteiger partial charge in [0.15, 0.2) is 0 Å². The van der Waals surface area contributed by atoms with Gasteiger partial charge >= 0.3 is 5.97 Å². The number of ketones is 1. The third-order valence-corrected chi connectivity index (χ3v) is 3.76. The van der Waals surface area contributed by atoms with Crippen molar-refractivity contribution in [2.45, 2.75) is 6.42 Å². The third kappa shape index (κ3) is 2.94. The predicted octanol–water partition coefficient (Wildman–Crippen LogP) is 3.30. The van der Waals surface area contributed by atoms with Gasteiger partial charge in [-0.2, -0.15) is 0 Å². The van der Waals surface area contributed by atoms with Crippen molar-refractivity contribution in [1.29, 1.82) is 0 Å². The lowest BCUT2D eigenvalue weighted by atomic mass is 10.1. The number of aromatic nitrogens is 1. The summed E-state index contributed by atoms with van der Waals surface area (Å²) in [5.41, 5.74) is 1.42. The van der Waals surface area contributed by atoms with Crippen LogP contribution in [0.1, 0.15) is 21.7 Å². The SMILES string of the molecule is Cn1c(CC(=O)O)cc(Br)c1C(=O)c1cccc(Cl)c1. The molecule has 2 rings (SSSR count). The molecule has 1 aromatic heterocycles. The number of hydrogen-bond acceptors (Lipinski definition) is 2. The highest BCUT2D eigenvalue weighted by Crippen LogP contribution is 2.25. The van der Waals surface area contributed by atoms with Crippen molar-refractivity contribution >= 4 is 39.3 Å². The molecule has 104 valence electrons. The normalized spacial score (nSPS) is 10.6. The first-order valence-electron chi connectivity index (χ1n) is 5.76. The summed E-state index contributed by atoms with van der Waals surface area (Å²) in [6.45, 7) is 0. The fraction of sp³-hybridized carbons (Fsp3) is 0.143. The second kappa shape index (κ2) is 5.81.